The summed E-state index contributed by atoms with van der Waals surface area (Å²) < 4.78 is 2.73. The van der Waals surface area contributed by atoms with Gasteiger partial charge in [-0.25, -0.2) is 0 Å². The summed E-state index contributed by atoms with van der Waals surface area (Å²) in [5.74, 6) is 0. The Kier molecular flexibility index (Phi) is 1.92. The summed E-state index contributed by atoms with van der Waals surface area (Å²) in [5.41, 5.74) is 2.44. The molecule has 0 amide bonds. The maximum atomic E-state index is 10.6. The molecule has 0 atom stereocenters. The molecule has 0 radical (unpaired) electrons. The molecule has 13 heavy (non-hydrogen) atoms. The number of hydrogen-bond donors (Lipinski definition) is 0. The van der Waals surface area contributed by atoms with E-state index in [4.69, 9.17) is 0 Å². The van der Waals surface area contributed by atoms with Crippen LogP contribution in [0.25, 0.3) is 11.0 Å². The Labute approximate surface area is 83.5 Å². The van der Waals surface area contributed by atoms with Gasteiger partial charge in [0.05, 0.1) is 16.7 Å². The van der Waals surface area contributed by atoms with Crippen LogP contribution in [0.5, 0.6) is 0 Å². The summed E-state index contributed by atoms with van der Waals surface area (Å²) in [4.78, 5) is 14.8. The van der Waals surface area contributed by atoms with Crippen LogP contribution in [-0.4, -0.2) is 15.8 Å². The third kappa shape index (κ3) is 1.27. The molecule has 0 aliphatic rings. The third-order valence-corrected chi connectivity index (χ3v) is 2.45. The highest BCUT2D eigenvalue weighted by molar-refractivity contribution is 9.10. The van der Waals surface area contributed by atoms with Crippen molar-refractivity contribution in [2.75, 3.05) is 0 Å². The van der Waals surface area contributed by atoms with Crippen LogP contribution < -0.4 is 0 Å². The zero-order chi connectivity index (χ0) is 9.42. The Balaban J connectivity index is 2.84. The van der Waals surface area contributed by atoms with Gasteiger partial charge >= 0.3 is 0 Å². The number of aromatic nitrogens is 2. The average Bonchev–Trinajstić information content (AvgIpc) is 2.44. The number of carbonyl (C=O) groups excluding carboxylic acids is 1. The molecule has 0 aliphatic heterocycles. The number of nitrogens with zero attached hydrogens (tertiary/aromatic N) is 2. The van der Waals surface area contributed by atoms with Crippen LogP contribution in [0.1, 0.15) is 10.5 Å². The first kappa shape index (κ1) is 8.44. The molecule has 0 saturated heterocycles. The van der Waals surface area contributed by atoms with Gasteiger partial charge in [-0.05, 0) is 28.1 Å². The lowest BCUT2D eigenvalue weighted by atomic mass is 10.4. The van der Waals surface area contributed by atoms with Gasteiger partial charge < -0.3 is 4.57 Å². The van der Waals surface area contributed by atoms with Crippen LogP contribution in [0.15, 0.2) is 22.8 Å². The molecule has 2 aromatic heterocycles. The topological polar surface area (TPSA) is 34.9 Å². The van der Waals surface area contributed by atoms with E-state index in [1.165, 1.54) is 0 Å². The number of rotatable bonds is 1. The van der Waals surface area contributed by atoms with Crippen molar-refractivity contribution >= 4 is 33.2 Å². The quantitative estimate of drug-likeness (QED) is 0.714. The van der Waals surface area contributed by atoms with E-state index < -0.39 is 0 Å². The van der Waals surface area contributed by atoms with E-state index in [2.05, 4.69) is 20.9 Å². The minimum absolute atomic E-state index is 0.639. The fourth-order valence-corrected chi connectivity index (χ4v) is 1.63. The molecule has 2 heterocycles. The van der Waals surface area contributed by atoms with Crippen LogP contribution in [0.4, 0.5) is 0 Å². The summed E-state index contributed by atoms with van der Waals surface area (Å²) in [6.45, 7) is 0. The molecule has 0 spiro atoms. The van der Waals surface area contributed by atoms with Crippen molar-refractivity contribution in [1.82, 2.24) is 9.55 Å². The predicted molar refractivity (Wildman–Crippen MR) is 53.8 cm³/mol. The minimum Gasteiger partial charge on any atom is -0.340 e. The normalized spacial score (nSPS) is 10.6. The first-order valence-electron chi connectivity index (χ1n) is 3.78. The zero-order valence-electron chi connectivity index (χ0n) is 6.99. The van der Waals surface area contributed by atoms with Crippen molar-refractivity contribution in [3.63, 3.8) is 0 Å². The zero-order valence-corrected chi connectivity index (χ0v) is 8.58. The molecule has 2 aromatic rings. The summed E-state index contributed by atoms with van der Waals surface area (Å²) in [5, 5.41) is 0. The molecule has 2 rings (SSSR count). The van der Waals surface area contributed by atoms with Gasteiger partial charge in [0.2, 0.25) is 0 Å². The molecular formula is C9H7BrN2O. The second kappa shape index (κ2) is 2.96. The highest BCUT2D eigenvalue weighted by Gasteiger charge is 2.05. The molecule has 3 nitrogen and oxygen atoms in total. The van der Waals surface area contributed by atoms with Gasteiger partial charge in [-0.15, -0.1) is 0 Å². The van der Waals surface area contributed by atoms with E-state index in [0.717, 1.165) is 21.8 Å². The summed E-state index contributed by atoms with van der Waals surface area (Å²) in [6, 6.07) is 3.71. The van der Waals surface area contributed by atoms with Gasteiger partial charge in [0.1, 0.15) is 0 Å². The molecule has 66 valence electrons. The second-order valence-corrected chi connectivity index (χ2v) is 3.72. The van der Waals surface area contributed by atoms with Crippen molar-refractivity contribution in [3.8, 4) is 0 Å². The first-order valence-corrected chi connectivity index (χ1v) is 4.58. The highest BCUT2D eigenvalue weighted by atomic mass is 79.9. The lowest BCUT2D eigenvalue weighted by Gasteiger charge is -1.96. The number of halogens is 1. The molecule has 4 heteroatoms. The van der Waals surface area contributed by atoms with E-state index >= 15 is 0 Å². The van der Waals surface area contributed by atoms with Crippen molar-refractivity contribution in [2.45, 2.75) is 0 Å². The van der Waals surface area contributed by atoms with Crippen LogP contribution in [0.2, 0.25) is 0 Å². The Morgan fingerprint density at radius 2 is 2.31 bits per heavy atom. The van der Waals surface area contributed by atoms with Crippen LogP contribution in [-0.2, 0) is 7.05 Å². The number of aldehydes is 1. The number of pyridine rings is 1. The Morgan fingerprint density at radius 1 is 1.54 bits per heavy atom. The maximum absolute atomic E-state index is 10.6. The van der Waals surface area contributed by atoms with Crippen molar-refractivity contribution < 1.29 is 4.79 Å². The van der Waals surface area contributed by atoms with E-state index in [9.17, 15) is 4.79 Å². The second-order valence-electron chi connectivity index (χ2n) is 2.80. The van der Waals surface area contributed by atoms with Crippen LogP contribution >= 0.6 is 15.9 Å². The Hall–Kier alpha value is -1.16. The van der Waals surface area contributed by atoms with Crippen LogP contribution in [0, 0.1) is 0 Å². The third-order valence-electron chi connectivity index (χ3n) is 2.02. The van der Waals surface area contributed by atoms with Crippen LogP contribution in [0.3, 0.4) is 0 Å². The fraction of sp³-hybridized carbons (Fsp3) is 0.111. The number of fused-ring (bicyclic) bond motifs is 1. The maximum Gasteiger partial charge on any atom is 0.166 e. The lowest BCUT2D eigenvalue weighted by molar-refractivity contribution is 0.111. The number of carbonyl (C=O) groups is 1. The Bertz CT molecular complexity index is 476. The summed E-state index contributed by atoms with van der Waals surface area (Å²) >= 11 is 3.33. The highest BCUT2D eigenvalue weighted by Crippen LogP contribution is 2.19. The molecule has 0 fully saturated rings. The van der Waals surface area contributed by atoms with E-state index in [1.54, 1.807) is 12.3 Å². The van der Waals surface area contributed by atoms with Crippen molar-refractivity contribution in [3.05, 3.63) is 28.5 Å². The molecular weight excluding hydrogens is 232 g/mol. The van der Waals surface area contributed by atoms with E-state index in [1.807, 2.05) is 17.7 Å². The molecule has 0 aromatic carbocycles. The SMILES string of the molecule is Cn1c(C=O)cc2ncc(Br)cc21. The first-order chi connectivity index (χ1) is 6.22. The Morgan fingerprint density at radius 3 is 3.00 bits per heavy atom. The standard InChI is InChI=1S/C9H7BrN2O/c1-12-7(5-13)3-8-9(12)2-6(10)4-11-8/h2-5H,1H3. The van der Waals surface area contributed by atoms with Gasteiger partial charge in [0.25, 0.3) is 0 Å². The molecule has 0 bridgehead atoms. The molecule has 0 N–H and O–H groups in total. The smallest absolute Gasteiger partial charge is 0.166 e. The fourth-order valence-electron chi connectivity index (χ4n) is 1.31. The summed E-state index contributed by atoms with van der Waals surface area (Å²) in [6.07, 6.45) is 2.55. The predicted octanol–water partition coefficient (Wildman–Crippen LogP) is 2.15. The monoisotopic (exact) mass is 238 g/mol. The van der Waals surface area contributed by atoms with Gasteiger partial charge in [0.15, 0.2) is 6.29 Å². The number of hydrogen-bond acceptors (Lipinski definition) is 2. The van der Waals surface area contributed by atoms with E-state index in [-0.39, 0.29) is 0 Å². The minimum atomic E-state index is 0.639. The van der Waals surface area contributed by atoms with Gasteiger partial charge in [-0.2, -0.15) is 0 Å². The number of aryl methyl sites for hydroxylation is 1. The van der Waals surface area contributed by atoms with Gasteiger partial charge in [0, 0.05) is 17.7 Å². The van der Waals surface area contributed by atoms with Crippen molar-refractivity contribution in [2.24, 2.45) is 7.05 Å². The summed E-state index contributed by atoms with van der Waals surface area (Å²) in [7, 11) is 1.85. The molecule has 0 saturated carbocycles. The average molecular weight is 239 g/mol. The van der Waals surface area contributed by atoms with Gasteiger partial charge in [-0.3, -0.25) is 9.78 Å². The largest absolute Gasteiger partial charge is 0.340 e. The molecule has 0 aliphatic carbocycles. The van der Waals surface area contributed by atoms with Crippen molar-refractivity contribution in [1.29, 1.82) is 0 Å². The molecule has 0 unspecified atom stereocenters. The van der Waals surface area contributed by atoms with E-state index in [0.29, 0.717) is 5.69 Å². The van der Waals surface area contributed by atoms with Gasteiger partial charge in [-0.1, -0.05) is 0 Å². The lowest BCUT2D eigenvalue weighted by Crippen LogP contribution is -1.93.